The molecule has 164 valence electrons. The Morgan fingerprint density at radius 1 is 0.969 bits per heavy atom. The molecule has 0 unspecified atom stereocenters. The normalized spacial score (nSPS) is 16.2. The van der Waals surface area contributed by atoms with E-state index in [9.17, 15) is 17.6 Å². The van der Waals surface area contributed by atoms with Gasteiger partial charge in [0.15, 0.2) is 9.84 Å². The number of nitrogen functional groups attached to an aromatic ring is 1. The molecule has 0 saturated carbocycles. The first-order chi connectivity index (χ1) is 15.3. The molecule has 1 amide bonds. The van der Waals surface area contributed by atoms with E-state index < -0.39 is 21.0 Å². The van der Waals surface area contributed by atoms with Crippen LogP contribution >= 0.6 is 0 Å². The Hall–Kier alpha value is -3.30. The molecule has 2 aromatic carbocycles. The second kappa shape index (κ2) is 7.68. The molecule has 0 bridgehead atoms. The van der Waals surface area contributed by atoms with E-state index in [1.165, 1.54) is 12.1 Å². The van der Waals surface area contributed by atoms with Gasteiger partial charge in [0.05, 0.1) is 10.1 Å². The highest BCUT2D eigenvalue weighted by molar-refractivity contribution is 7.92. The van der Waals surface area contributed by atoms with Crippen molar-refractivity contribution in [2.75, 3.05) is 25.4 Å². The minimum Gasteiger partial charge on any atom is -0.383 e. The summed E-state index contributed by atoms with van der Waals surface area (Å²) in [4.78, 5) is 16.1. The van der Waals surface area contributed by atoms with Gasteiger partial charge < -0.3 is 16.4 Å². The van der Waals surface area contributed by atoms with Gasteiger partial charge >= 0.3 is 0 Å². The summed E-state index contributed by atoms with van der Waals surface area (Å²) in [6.07, 6.45) is 0.697. The number of carbonyl (C=O) groups is 1. The molecule has 1 fully saturated rings. The zero-order valence-corrected chi connectivity index (χ0v) is 17.9. The summed E-state index contributed by atoms with van der Waals surface area (Å²) in [6, 6.07) is 13.1. The van der Waals surface area contributed by atoms with Gasteiger partial charge in [-0.1, -0.05) is 24.3 Å². The summed E-state index contributed by atoms with van der Waals surface area (Å²) in [6.45, 7) is 1.43. The number of anilines is 1. The average molecular weight is 453 g/mol. The van der Waals surface area contributed by atoms with E-state index in [4.69, 9.17) is 5.73 Å². The van der Waals surface area contributed by atoms with Crippen molar-refractivity contribution in [2.24, 2.45) is 0 Å². The molecule has 1 saturated heterocycles. The van der Waals surface area contributed by atoms with Gasteiger partial charge in [-0.2, -0.15) is 4.39 Å². The topological polar surface area (TPSA) is 114 Å². The maximum Gasteiger partial charge on any atom is 0.251 e. The summed E-state index contributed by atoms with van der Waals surface area (Å²) >= 11 is 0. The van der Waals surface area contributed by atoms with Crippen LogP contribution < -0.4 is 16.4 Å². The van der Waals surface area contributed by atoms with Crippen LogP contribution in [0.2, 0.25) is 0 Å². The van der Waals surface area contributed by atoms with Crippen LogP contribution in [0.15, 0.2) is 53.4 Å². The number of halogens is 1. The Morgan fingerprint density at radius 3 is 2.38 bits per heavy atom. The number of fused-ring (bicyclic) bond motifs is 1. The predicted molar refractivity (Wildman–Crippen MR) is 119 cm³/mol. The van der Waals surface area contributed by atoms with Crippen LogP contribution in [-0.4, -0.2) is 44.2 Å². The lowest BCUT2D eigenvalue weighted by atomic mass is 9.94. The highest BCUT2D eigenvalue weighted by atomic mass is 32.2. The van der Waals surface area contributed by atoms with E-state index in [2.05, 4.69) is 15.6 Å². The zero-order chi connectivity index (χ0) is 22.5. The number of nitrogens with two attached hydrogens (primary N) is 1. The molecular weight excluding hydrogens is 431 g/mol. The van der Waals surface area contributed by atoms with Crippen molar-refractivity contribution in [1.29, 1.82) is 0 Å². The van der Waals surface area contributed by atoms with Crippen molar-refractivity contribution < 1.29 is 17.6 Å². The van der Waals surface area contributed by atoms with Crippen LogP contribution in [-0.2, 0) is 16.3 Å². The lowest BCUT2D eigenvalue weighted by Crippen LogP contribution is -2.51. The highest BCUT2D eigenvalue weighted by Crippen LogP contribution is 2.33. The quantitative estimate of drug-likeness (QED) is 0.523. The average Bonchev–Trinajstić information content (AvgIpc) is 2.72. The van der Waals surface area contributed by atoms with Crippen LogP contribution in [0.1, 0.15) is 15.9 Å². The Labute approximate surface area is 184 Å². The second-order valence-electron chi connectivity index (χ2n) is 7.99. The van der Waals surface area contributed by atoms with E-state index in [-0.39, 0.29) is 22.2 Å². The van der Waals surface area contributed by atoms with Gasteiger partial charge in [-0.15, -0.1) is 0 Å². The lowest BCUT2D eigenvalue weighted by Gasteiger charge is -2.26. The molecule has 5 rings (SSSR count). The lowest BCUT2D eigenvalue weighted by molar-refractivity contribution is 0.0946. The number of aromatic nitrogens is 1. The first-order valence-corrected chi connectivity index (χ1v) is 11.8. The van der Waals surface area contributed by atoms with Crippen LogP contribution in [0, 0.1) is 5.95 Å². The van der Waals surface area contributed by atoms with Gasteiger partial charge in [0.1, 0.15) is 5.82 Å². The van der Waals surface area contributed by atoms with Crippen LogP contribution in [0.5, 0.6) is 0 Å². The summed E-state index contributed by atoms with van der Waals surface area (Å²) in [5.74, 6) is -0.804. The van der Waals surface area contributed by atoms with Crippen molar-refractivity contribution in [3.8, 4) is 22.3 Å². The van der Waals surface area contributed by atoms with Crippen molar-refractivity contribution in [3.05, 3.63) is 65.6 Å². The van der Waals surface area contributed by atoms with Gasteiger partial charge in [-0.3, -0.25) is 4.79 Å². The number of nitrogens with one attached hydrogen (secondary N) is 2. The fraction of sp³-hybridized carbons (Fsp3) is 0.217. The summed E-state index contributed by atoms with van der Waals surface area (Å²) in [5, 5.41) is 5.33. The molecule has 0 atom stereocenters. The minimum atomic E-state index is -3.41. The fourth-order valence-electron chi connectivity index (χ4n) is 4.03. The molecule has 2 aliphatic rings. The second-order valence-corrected chi connectivity index (χ2v) is 10.2. The van der Waals surface area contributed by atoms with Crippen molar-refractivity contribution >= 4 is 21.6 Å². The Morgan fingerprint density at radius 2 is 1.69 bits per heavy atom. The van der Waals surface area contributed by atoms with Crippen molar-refractivity contribution in [1.82, 2.24) is 15.6 Å². The number of benzene rings is 2. The highest BCUT2D eigenvalue weighted by Gasteiger charge is 2.32. The van der Waals surface area contributed by atoms with Crippen LogP contribution in [0.3, 0.4) is 0 Å². The first-order valence-electron chi connectivity index (χ1n) is 10.3. The van der Waals surface area contributed by atoms with Gasteiger partial charge in [0.2, 0.25) is 5.95 Å². The smallest absolute Gasteiger partial charge is 0.251 e. The molecule has 4 N–H and O–H groups in total. The number of sulfone groups is 1. The Bertz CT molecular complexity index is 1340. The summed E-state index contributed by atoms with van der Waals surface area (Å²) in [7, 11) is -3.41. The molecule has 0 radical (unpaired) electrons. The fourth-order valence-corrected chi connectivity index (χ4v) is 5.61. The summed E-state index contributed by atoms with van der Waals surface area (Å²) < 4.78 is 39.9. The van der Waals surface area contributed by atoms with E-state index in [0.717, 1.165) is 11.1 Å². The number of pyridine rings is 1. The number of carbonyl (C=O) groups excluding carboxylic acids is 1. The maximum absolute atomic E-state index is 14.7. The Balaban J connectivity index is 1.52. The third-order valence-electron chi connectivity index (χ3n) is 6.02. The number of hydrogen-bond donors (Lipinski definition) is 3. The SMILES string of the molecule is Nc1nc(F)c(-c2ccc(S(=O)(=O)C3CNC3)cc2)cc1-c1ccc2c(c1)CCNC2=O. The molecule has 1 aromatic heterocycles. The number of hydrogen-bond acceptors (Lipinski definition) is 6. The van der Waals surface area contributed by atoms with E-state index in [1.54, 1.807) is 30.3 Å². The molecule has 2 aliphatic heterocycles. The number of rotatable bonds is 4. The van der Waals surface area contributed by atoms with Gasteiger partial charge in [0.25, 0.3) is 5.91 Å². The molecule has 9 heteroatoms. The monoisotopic (exact) mass is 452 g/mol. The standard InChI is InChI=1S/C23H21FN4O3S/c24-21-19(13-1-4-16(5-2-13)32(30,31)17-11-26-12-17)10-20(22(25)28-21)14-3-6-18-15(9-14)7-8-27-23(18)29/h1-6,9-10,17,26H,7-8,11-12H2,(H2,25,28)(H,27,29). The van der Waals surface area contributed by atoms with Crippen molar-refractivity contribution in [3.63, 3.8) is 0 Å². The number of amides is 1. The van der Waals surface area contributed by atoms with Gasteiger partial charge in [-0.05, 0) is 47.4 Å². The third kappa shape index (κ3) is 3.43. The molecule has 3 heterocycles. The largest absolute Gasteiger partial charge is 0.383 e. The third-order valence-corrected chi connectivity index (χ3v) is 8.16. The predicted octanol–water partition coefficient (Wildman–Crippen LogP) is 2.17. The maximum atomic E-state index is 14.7. The molecule has 0 spiro atoms. The van der Waals surface area contributed by atoms with E-state index in [0.29, 0.717) is 42.7 Å². The summed E-state index contributed by atoms with van der Waals surface area (Å²) in [5.41, 5.74) is 9.55. The van der Waals surface area contributed by atoms with E-state index in [1.807, 2.05) is 6.07 Å². The molecule has 3 aromatic rings. The van der Waals surface area contributed by atoms with Gasteiger partial charge in [-0.25, -0.2) is 13.4 Å². The molecule has 32 heavy (non-hydrogen) atoms. The van der Waals surface area contributed by atoms with E-state index >= 15 is 0 Å². The minimum absolute atomic E-state index is 0.0446. The van der Waals surface area contributed by atoms with Crippen LogP contribution in [0.4, 0.5) is 10.2 Å². The Kier molecular flexibility index (Phi) is 4.94. The zero-order valence-electron chi connectivity index (χ0n) is 17.1. The molecular formula is C23H21FN4O3S. The van der Waals surface area contributed by atoms with Crippen LogP contribution in [0.25, 0.3) is 22.3 Å². The molecule has 0 aliphatic carbocycles. The van der Waals surface area contributed by atoms with Gasteiger partial charge in [0, 0.05) is 36.3 Å². The number of nitrogens with zero attached hydrogens (tertiary/aromatic N) is 1. The van der Waals surface area contributed by atoms with Crippen molar-refractivity contribution in [2.45, 2.75) is 16.6 Å². The first kappa shape index (κ1) is 20.6. The molecule has 7 nitrogen and oxygen atoms in total.